The van der Waals surface area contributed by atoms with Crippen LogP contribution in [0.1, 0.15) is 32.1 Å². The van der Waals surface area contributed by atoms with Crippen molar-refractivity contribution in [2.45, 2.75) is 44.2 Å². The number of likely N-dealkylation sites (tertiary alicyclic amines) is 1. The van der Waals surface area contributed by atoms with Crippen molar-refractivity contribution in [3.05, 3.63) is 28.9 Å². The minimum Gasteiger partial charge on any atom is -0.375 e. The molecule has 6 nitrogen and oxygen atoms in total. The maximum Gasteiger partial charge on any atom is 0.347 e. The zero-order valence-corrected chi connectivity index (χ0v) is 12.2. The van der Waals surface area contributed by atoms with Crippen LogP contribution in [0.15, 0.2) is 23.3 Å². The van der Waals surface area contributed by atoms with E-state index in [-0.39, 0.29) is 23.7 Å². The second-order valence-electron chi connectivity index (χ2n) is 5.90. The van der Waals surface area contributed by atoms with Gasteiger partial charge in [-0.15, -0.1) is 0 Å². The molecule has 1 aromatic rings. The van der Waals surface area contributed by atoms with Gasteiger partial charge >= 0.3 is 5.69 Å². The Hall–Kier alpha value is -1.69. The molecule has 2 fully saturated rings. The molecule has 6 heteroatoms. The molecular formula is C15H21N3O3. The van der Waals surface area contributed by atoms with Gasteiger partial charge in [-0.3, -0.25) is 9.36 Å². The number of hydrogen-bond donors (Lipinski definition) is 0. The summed E-state index contributed by atoms with van der Waals surface area (Å²) < 4.78 is 7.28. The Bertz CT molecular complexity index is 563. The zero-order chi connectivity index (χ0) is 14.7. The van der Waals surface area contributed by atoms with E-state index >= 15 is 0 Å². The maximum absolute atomic E-state index is 12.4. The molecule has 1 atom stereocenters. The van der Waals surface area contributed by atoms with E-state index in [1.807, 2.05) is 4.90 Å². The Morgan fingerprint density at radius 3 is 2.90 bits per heavy atom. The first-order valence-corrected chi connectivity index (χ1v) is 7.62. The summed E-state index contributed by atoms with van der Waals surface area (Å²) in [5.74, 6) is -0.0138. The van der Waals surface area contributed by atoms with Gasteiger partial charge in [0.05, 0.1) is 5.60 Å². The SMILES string of the molecule is O=C(Cn1cccnc1=O)N1CCC[C@@]2(CCCO2)CC1. The summed E-state index contributed by atoms with van der Waals surface area (Å²) in [6.07, 6.45) is 8.18. The molecule has 2 saturated heterocycles. The third-order valence-electron chi connectivity index (χ3n) is 4.52. The van der Waals surface area contributed by atoms with Crippen LogP contribution in [0.3, 0.4) is 0 Å². The third-order valence-corrected chi connectivity index (χ3v) is 4.52. The highest BCUT2D eigenvalue weighted by atomic mass is 16.5. The lowest BCUT2D eigenvalue weighted by atomic mass is 9.92. The monoisotopic (exact) mass is 291 g/mol. The fourth-order valence-corrected chi connectivity index (χ4v) is 3.32. The number of hydrogen-bond acceptors (Lipinski definition) is 4. The zero-order valence-electron chi connectivity index (χ0n) is 12.2. The van der Waals surface area contributed by atoms with Crippen LogP contribution < -0.4 is 5.69 Å². The van der Waals surface area contributed by atoms with Crippen LogP contribution in [0.4, 0.5) is 0 Å². The van der Waals surface area contributed by atoms with Crippen molar-refractivity contribution in [1.82, 2.24) is 14.5 Å². The average molecular weight is 291 g/mol. The molecule has 0 saturated carbocycles. The lowest BCUT2D eigenvalue weighted by molar-refractivity contribution is -0.132. The highest BCUT2D eigenvalue weighted by molar-refractivity contribution is 5.76. The van der Waals surface area contributed by atoms with Gasteiger partial charge in [-0.2, -0.15) is 0 Å². The van der Waals surface area contributed by atoms with Crippen molar-refractivity contribution >= 4 is 5.91 Å². The quantitative estimate of drug-likeness (QED) is 0.808. The van der Waals surface area contributed by atoms with Crippen LogP contribution in [0, 0.1) is 0 Å². The summed E-state index contributed by atoms with van der Waals surface area (Å²) >= 11 is 0. The van der Waals surface area contributed by atoms with Crippen molar-refractivity contribution in [1.29, 1.82) is 0 Å². The molecule has 0 radical (unpaired) electrons. The van der Waals surface area contributed by atoms with Gasteiger partial charge in [0.1, 0.15) is 6.54 Å². The summed E-state index contributed by atoms with van der Waals surface area (Å²) in [6.45, 7) is 2.38. The number of rotatable bonds is 2. The Morgan fingerprint density at radius 2 is 2.14 bits per heavy atom. The Morgan fingerprint density at radius 1 is 1.29 bits per heavy atom. The van der Waals surface area contributed by atoms with E-state index in [0.717, 1.165) is 45.3 Å². The molecule has 0 aromatic carbocycles. The minimum atomic E-state index is -0.378. The second-order valence-corrected chi connectivity index (χ2v) is 5.90. The Balaban J connectivity index is 1.63. The number of carbonyl (C=O) groups excluding carboxylic acids is 1. The van der Waals surface area contributed by atoms with Crippen LogP contribution in [-0.4, -0.2) is 45.7 Å². The summed E-state index contributed by atoms with van der Waals surface area (Å²) in [5.41, 5.74) is -0.378. The topological polar surface area (TPSA) is 64.4 Å². The summed E-state index contributed by atoms with van der Waals surface area (Å²) in [5, 5.41) is 0. The predicted octanol–water partition coefficient (Wildman–Crippen LogP) is 0.805. The van der Waals surface area contributed by atoms with Gasteiger partial charge < -0.3 is 9.64 Å². The van der Waals surface area contributed by atoms with Gasteiger partial charge in [0.25, 0.3) is 0 Å². The average Bonchev–Trinajstić information content (AvgIpc) is 2.82. The van der Waals surface area contributed by atoms with Gasteiger partial charge in [-0.25, -0.2) is 9.78 Å². The van der Waals surface area contributed by atoms with Gasteiger partial charge in [0.15, 0.2) is 0 Å². The Kier molecular flexibility index (Phi) is 4.05. The Labute approximate surface area is 123 Å². The van der Waals surface area contributed by atoms with E-state index in [9.17, 15) is 9.59 Å². The van der Waals surface area contributed by atoms with Crippen LogP contribution in [0.5, 0.6) is 0 Å². The summed E-state index contributed by atoms with van der Waals surface area (Å²) in [7, 11) is 0. The molecular weight excluding hydrogens is 270 g/mol. The molecule has 0 bridgehead atoms. The second kappa shape index (κ2) is 5.97. The van der Waals surface area contributed by atoms with E-state index in [1.54, 1.807) is 12.3 Å². The van der Waals surface area contributed by atoms with Crippen molar-refractivity contribution < 1.29 is 9.53 Å². The first-order chi connectivity index (χ1) is 10.2. The van der Waals surface area contributed by atoms with Crippen molar-refractivity contribution in [2.75, 3.05) is 19.7 Å². The third kappa shape index (κ3) is 3.15. The van der Waals surface area contributed by atoms with E-state index in [1.165, 1.54) is 10.8 Å². The van der Waals surface area contributed by atoms with Crippen LogP contribution >= 0.6 is 0 Å². The molecule has 0 aliphatic carbocycles. The highest BCUT2D eigenvalue weighted by Gasteiger charge is 2.37. The fourth-order valence-electron chi connectivity index (χ4n) is 3.32. The molecule has 114 valence electrons. The molecule has 1 amide bonds. The molecule has 3 rings (SSSR count). The van der Waals surface area contributed by atoms with Crippen molar-refractivity contribution in [3.8, 4) is 0 Å². The van der Waals surface area contributed by atoms with Gasteiger partial charge in [0, 0.05) is 32.1 Å². The molecule has 1 aromatic heterocycles. The summed E-state index contributed by atoms with van der Waals surface area (Å²) in [4.78, 5) is 29.5. The number of carbonyl (C=O) groups is 1. The molecule has 2 aliphatic heterocycles. The van der Waals surface area contributed by atoms with Crippen molar-refractivity contribution in [3.63, 3.8) is 0 Å². The van der Waals surface area contributed by atoms with E-state index in [2.05, 4.69) is 4.98 Å². The van der Waals surface area contributed by atoms with Crippen molar-refractivity contribution in [2.24, 2.45) is 0 Å². The molecule has 3 heterocycles. The lowest BCUT2D eigenvalue weighted by Gasteiger charge is -2.27. The largest absolute Gasteiger partial charge is 0.375 e. The van der Waals surface area contributed by atoms with Gasteiger partial charge in [-0.05, 0) is 38.2 Å². The fraction of sp³-hybridized carbons (Fsp3) is 0.667. The normalized spacial score (nSPS) is 26.0. The first-order valence-electron chi connectivity index (χ1n) is 7.62. The van der Waals surface area contributed by atoms with E-state index in [4.69, 9.17) is 4.74 Å². The molecule has 0 unspecified atom stereocenters. The lowest BCUT2D eigenvalue weighted by Crippen LogP contribution is -2.38. The number of amides is 1. The van der Waals surface area contributed by atoms with Crippen LogP contribution in [-0.2, 0) is 16.1 Å². The molecule has 2 aliphatic rings. The highest BCUT2D eigenvalue weighted by Crippen LogP contribution is 2.35. The van der Waals surface area contributed by atoms with Crippen LogP contribution in [0.25, 0.3) is 0 Å². The predicted molar refractivity (Wildman–Crippen MR) is 76.8 cm³/mol. The molecule has 21 heavy (non-hydrogen) atoms. The first kappa shape index (κ1) is 14.3. The standard InChI is InChI=1S/C15H21N3O3/c19-13(12-18-9-3-7-16-14(18)20)17-8-1-4-15(6-10-17)5-2-11-21-15/h3,7,9H,1-2,4-6,8,10-12H2/t15-/m1/s1. The number of ether oxygens (including phenoxy) is 1. The van der Waals surface area contributed by atoms with E-state index < -0.39 is 0 Å². The van der Waals surface area contributed by atoms with E-state index in [0.29, 0.717) is 6.54 Å². The number of nitrogens with zero attached hydrogens (tertiary/aromatic N) is 3. The molecule has 0 N–H and O–H groups in total. The number of aromatic nitrogens is 2. The summed E-state index contributed by atoms with van der Waals surface area (Å²) in [6, 6.07) is 1.67. The minimum absolute atomic E-state index is 0.000168. The molecule has 1 spiro atoms. The van der Waals surface area contributed by atoms with Crippen LogP contribution in [0.2, 0.25) is 0 Å². The maximum atomic E-state index is 12.4. The smallest absolute Gasteiger partial charge is 0.347 e. The van der Waals surface area contributed by atoms with Gasteiger partial charge in [-0.1, -0.05) is 0 Å². The van der Waals surface area contributed by atoms with Gasteiger partial charge in [0.2, 0.25) is 5.91 Å².